The van der Waals surface area contributed by atoms with Gasteiger partial charge in [0.05, 0.1) is 0 Å². The maximum Gasteiger partial charge on any atom is 0.322 e. The van der Waals surface area contributed by atoms with Gasteiger partial charge in [0.25, 0.3) is 10.2 Å². The van der Waals surface area contributed by atoms with Crippen LogP contribution in [0.3, 0.4) is 0 Å². The van der Waals surface area contributed by atoms with Gasteiger partial charge in [-0.15, -0.1) is 0 Å². The van der Waals surface area contributed by atoms with Gasteiger partial charge in [0.1, 0.15) is 6.04 Å². The Morgan fingerprint density at radius 1 is 1.26 bits per heavy atom. The van der Waals surface area contributed by atoms with Crippen LogP contribution in [0.15, 0.2) is 0 Å². The molecule has 0 aromatic heterocycles. The lowest BCUT2D eigenvalue weighted by Crippen LogP contribution is -2.53. The van der Waals surface area contributed by atoms with E-state index in [4.69, 9.17) is 0 Å². The fourth-order valence-corrected chi connectivity index (χ4v) is 4.84. The highest BCUT2D eigenvalue weighted by atomic mass is 32.2. The molecule has 1 atom stereocenters. The van der Waals surface area contributed by atoms with Crippen LogP contribution in [0.4, 0.5) is 0 Å². The van der Waals surface area contributed by atoms with Gasteiger partial charge in [-0.3, -0.25) is 4.79 Å². The first-order valence-electron chi connectivity index (χ1n) is 6.74. The molecule has 19 heavy (non-hydrogen) atoms. The predicted molar refractivity (Wildman–Crippen MR) is 70.9 cm³/mol. The van der Waals surface area contributed by atoms with E-state index >= 15 is 0 Å². The Balaban J connectivity index is 2.21. The van der Waals surface area contributed by atoms with E-state index in [1.54, 1.807) is 0 Å². The van der Waals surface area contributed by atoms with Gasteiger partial charge in [-0.25, -0.2) is 0 Å². The lowest BCUT2D eigenvalue weighted by Gasteiger charge is -2.35. The minimum atomic E-state index is -3.64. The number of piperidine rings is 1. The zero-order valence-corrected chi connectivity index (χ0v) is 12.3. The molecule has 2 rings (SSSR count). The van der Waals surface area contributed by atoms with E-state index in [0.29, 0.717) is 26.1 Å². The molecule has 1 N–H and O–H groups in total. The van der Waals surface area contributed by atoms with Crippen LogP contribution in [0.25, 0.3) is 0 Å². The summed E-state index contributed by atoms with van der Waals surface area (Å²) in [5, 5.41) is 9.19. The molecule has 2 heterocycles. The first kappa shape index (κ1) is 14.7. The minimum absolute atomic E-state index is 0.0262. The fourth-order valence-electron chi connectivity index (χ4n) is 2.84. The number of hydrogen-bond donors (Lipinski definition) is 1. The second kappa shape index (κ2) is 5.03. The Labute approximate surface area is 114 Å². The highest BCUT2D eigenvalue weighted by Gasteiger charge is 2.43. The molecule has 2 saturated heterocycles. The van der Waals surface area contributed by atoms with Gasteiger partial charge in [-0.2, -0.15) is 17.0 Å². The standard InChI is InChI=1S/C12H22N2O4S/c1-12(2)6-8-13(9-12)19(17,18)14-7-4-3-5-10(14)11(15)16/h10H,3-9H2,1-2H3,(H,15,16). The van der Waals surface area contributed by atoms with Crippen LogP contribution in [0.1, 0.15) is 39.5 Å². The van der Waals surface area contributed by atoms with Crippen LogP contribution < -0.4 is 0 Å². The molecular weight excluding hydrogens is 268 g/mol. The molecule has 0 bridgehead atoms. The monoisotopic (exact) mass is 290 g/mol. The average molecular weight is 290 g/mol. The van der Waals surface area contributed by atoms with Gasteiger partial charge in [0.2, 0.25) is 0 Å². The molecular formula is C12H22N2O4S. The Kier molecular flexibility index (Phi) is 3.90. The SMILES string of the molecule is CC1(C)CCN(S(=O)(=O)N2CCCCC2C(=O)O)C1. The number of aliphatic carboxylic acids is 1. The third-order valence-electron chi connectivity index (χ3n) is 4.00. The Morgan fingerprint density at radius 3 is 2.47 bits per heavy atom. The number of carbonyl (C=O) groups is 1. The van der Waals surface area contributed by atoms with Crippen molar-refractivity contribution in [3.8, 4) is 0 Å². The summed E-state index contributed by atoms with van der Waals surface area (Å²) in [7, 11) is -3.64. The van der Waals surface area contributed by atoms with E-state index in [1.807, 2.05) is 13.8 Å². The molecule has 0 amide bonds. The molecule has 6 nitrogen and oxygen atoms in total. The summed E-state index contributed by atoms with van der Waals surface area (Å²) < 4.78 is 27.8. The first-order chi connectivity index (χ1) is 8.74. The van der Waals surface area contributed by atoms with Crippen LogP contribution in [-0.2, 0) is 15.0 Å². The summed E-state index contributed by atoms with van der Waals surface area (Å²) in [5.74, 6) is -1.04. The van der Waals surface area contributed by atoms with E-state index in [-0.39, 0.29) is 5.41 Å². The highest BCUT2D eigenvalue weighted by molar-refractivity contribution is 7.86. The van der Waals surface area contributed by atoms with E-state index in [1.165, 1.54) is 8.61 Å². The van der Waals surface area contributed by atoms with Crippen molar-refractivity contribution in [3.05, 3.63) is 0 Å². The van der Waals surface area contributed by atoms with E-state index in [0.717, 1.165) is 19.3 Å². The molecule has 0 aromatic rings. The molecule has 2 aliphatic heterocycles. The molecule has 2 aliphatic rings. The van der Waals surface area contributed by atoms with Crippen molar-refractivity contribution in [2.45, 2.75) is 45.6 Å². The van der Waals surface area contributed by atoms with Crippen molar-refractivity contribution >= 4 is 16.2 Å². The van der Waals surface area contributed by atoms with Crippen molar-refractivity contribution < 1.29 is 18.3 Å². The molecule has 110 valence electrons. The second-order valence-corrected chi connectivity index (χ2v) is 8.10. The number of carboxylic acid groups (broad SMARTS) is 1. The van der Waals surface area contributed by atoms with Crippen molar-refractivity contribution in [2.75, 3.05) is 19.6 Å². The van der Waals surface area contributed by atoms with Crippen LogP contribution >= 0.6 is 0 Å². The van der Waals surface area contributed by atoms with Crippen molar-refractivity contribution in [2.24, 2.45) is 5.41 Å². The Morgan fingerprint density at radius 2 is 1.95 bits per heavy atom. The summed E-state index contributed by atoms with van der Waals surface area (Å²) in [5.41, 5.74) is -0.0262. The summed E-state index contributed by atoms with van der Waals surface area (Å²) >= 11 is 0. The summed E-state index contributed by atoms with van der Waals surface area (Å²) in [6, 6.07) is -0.900. The number of hydrogen-bond acceptors (Lipinski definition) is 3. The molecule has 0 aromatic carbocycles. The van der Waals surface area contributed by atoms with Gasteiger partial charge in [-0.1, -0.05) is 13.8 Å². The lowest BCUT2D eigenvalue weighted by atomic mass is 9.93. The van der Waals surface area contributed by atoms with Gasteiger partial charge in [0, 0.05) is 19.6 Å². The van der Waals surface area contributed by atoms with Gasteiger partial charge in [0.15, 0.2) is 0 Å². The molecule has 0 saturated carbocycles. The molecule has 7 heteroatoms. The zero-order chi connectivity index (χ0) is 14.3. The lowest BCUT2D eigenvalue weighted by molar-refractivity contribution is -0.142. The van der Waals surface area contributed by atoms with Crippen LogP contribution in [0.5, 0.6) is 0 Å². The van der Waals surface area contributed by atoms with E-state index < -0.39 is 22.2 Å². The third-order valence-corrected chi connectivity index (χ3v) is 6.00. The predicted octanol–water partition coefficient (Wildman–Crippen LogP) is 0.902. The molecule has 0 spiro atoms. The average Bonchev–Trinajstić information content (AvgIpc) is 2.70. The maximum atomic E-state index is 12.6. The first-order valence-corrected chi connectivity index (χ1v) is 8.13. The molecule has 0 radical (unpaired) electrons. The molecule has 1 unspecified atom stereocenters. The molecule has 0 aliphatic carbocycles. The third kappa shape index (κ3) is 2.93. The fraction of sp³-hybridized carbons (Fsp3) is 0.917. The summed E-state index contributed by atoms with van der Waals surface area (Å²) in [6.45, 7) is 5.34. The summed E-state index contributed by atoms with van der Waals surface area (Å²) in [6.07, 6.45) is 2.73. The van der Waals surface area contributed by atoms with Gasteiger partial charge < -0.3 is 5.11 Å². The number of carboxylic acids is 1. The second-order valence-electron chi connectivity index (χ2n) is 6.22. The van der Waals surface area contributed by atoms with Crippen LogP contribution in [0, 0.1) is 5.41 Å². The number of nitrogens with zero attached hydrogens (tertiary/aromatic N) is 2. The van der Waals surface area contributed by atoms with E-state index in [9.17, 15) is 18.3 Å². The van der Waals surface area contributed by atoms with Crippen molar-refractivity contribution in [1.82, 2.24) is 8.61 Å². The van der Waals surface area contributed by atoms with Gasteiger partial charge in [-0.05, 0) is 31.1 Å². The van der Waals surface area contributed by atoms with Gasteiger partial charge >= 0.3 is 5.97 Å². The van der Waals surface area contributed by atoms with Crippen LogP contribution in [0.2, 0.25) is 0 Å². The zero-order valence-electron chi connectivity index (χ0n) is 11.5. The van der Waals surface area contributed by atoms with Crippen LogP contribution in [-0.4, -0.2) is 53.8 Å². The molecule has 2 fully saturated rings. The van der Waals surface area contributed by atoms with Crippen molar-refractivity contribution in [3.63, 3.8) is 0 Å². The summed E-state index contributed by atoms with van der Waals surface area (Å²) in [4.78, 5) is 11.2. The Bertz CT molecular complexity index is 460. The topological polar surface area (TPSA) is 77.9 Å². The minimum Gasteiger partial charge on any atom is -0.480 e. The smallest absolute Gasteiger partial charge is 0.322 e. The van der Waals surface area contributed by atoms with E-state index in [2.05, 4.69) is 0 Å². The normalized spacial score (nSPS) is 29.5. The number of rotatable bonds is 3. The highest BCUT2D eigenvalue weighted by Crippen LogP contribution is 2.33. The largest absolute Gasteiger partial charge is 0.480 e. The Hall–Kier alpha value is -0.660. The quantitative estimate of drug-likeness (QED) is 0.838. The van der Waals surface area contributed by atoms with Crippen molar-refractivity contribution in [1.29, 1.82) is 0 Å². The maximum absolute atomic E-state index is 12.6.